The van der Waals surface area contributed by atoms with Crippen LogP contribution in [0.25, 0.3) is 6.08 Å². The van der Waals surface area contributed by atoms with Gasteiger partial charge in [-0.25, -0.2) is 0 Å². The Kier molecular flexibility index (Phi) is 3.52. The molecule has 2 rings (SSSR count). The highest BCUT2D eigenvalue weighted by Crippen LogP contribution is 2.25. The SMILES string of the molecule is CC1CCN(c2ccc(/C=C/C(N)=O)o2)CC1. The lowest BCUT2D eigenvalue weighted by molar-refractivity contribution is -0.113. The van der Waals surface area contributed by atoms with Gasteiger partial charge in [-0.3, -0.25) is 4.79 Å². The maximum absolute atomic E-state index is 10.6. The molecule has 1 aromatic heterocycles. The Morgan fingerprint density at radius 3 is 2.82 bits per heavy atom. The third-order valence-electron chi connectivity index (χ3n) is 3.12. The summed E-state index contributed by atoms with van der Waals surface area (Å²) < 4.78 is 5.64. The lowest BCUT2D eigenvalue weighted by Crippen LogP contribution is -2.32. The molecule has 92 valence electrons. The monoisotopic (exact) mass is 234 g/mol. The smallest absolute Gasteiger partial charge is 0.241 e. The Morgan fingerprint density at radius 2 is 2.18 bits per heavy atom. The van der Waals surface area contributed by atoms with Crippen LogP contribution >= 0.6 is 0 Å². The number of nitrogens with two attached hydrogens (primary N) is 1. The summed E-state index contributed by atoms with van der Waals surface area (Å²) in [5.74, 6) is 1.88. The van der Waals surface area contributed by atoms with Gasteiger partial charge in [-0.05, 0) is 30.9 Å². The number of hydrogen-bond acceptors (Lipinski definition) is 3. The van der Waals surface area contributed by atoms with Crippen molar-refractivity contribution < 1.29 is 9.21 Å². The second-order valence-electron chi connectivity index (χ2n) is 4.58. The molecule has 0 unspecified atom stereocenters. The second-order valence-corrected chi connectivity index (χ2v) is 4.58. The fourth-order valence-electron chi connectivity index (χ4n) is 1.99. The van der Waals surface area contributed by atoms with Gasteiger partial charge in [0.1, 0.15) is 5.76 Å². The highest BCUT2D eigenvalue weighted by atomic mass is 16.4. The third kappa shape index (κ3) is 3.12. The predicted molar refractivity (Wildman–Crippen MR) is 67.5 cm³/mol. The summed E-state index contributed by atoms with van der Waals surface area (Å²) in [4.78, 5) is 12.8. The van der Waals surface area contributed by atoms with Crippen LogP contribution in [0.2, 0.25) is 0 Å². The topological polar surface area (TPSA) is 59.5 Å². The molecule has 0 aliphatic carbocycles. The number of primary amides is 1. The Labute approximate surface area is 101 Å². The van der Waals surface area contributed by atoms with E-state index in [9.17, 15) is 4.79 Å². The number of carbonyl (C=O) groups is 1. The molecule has 0 saturated carbocycles. The first kappa shape index (κ1) is 11.8. The van der Waals surface area contributed by atoms with E-state index in [0.717, 1.165) is 24.9 Å². The predicted octanol–water partition coefficient (Wildman–Crippen LogP) is 2.01. The van der Waals surface area contributed by atoms with E-state index in [2.05, 4.69) is 11.8 Å². The van der Waals surface area contributed by atoms with Crippen LogP contribution in [0.4, 0.5) is 5.88 Å². The molecular formula is C13H18N2O2. The van der Waals surface area contributed by atoms with Crippen LogP contribution in [0.3, 0.4) is 0 Å². The van der Waals surface area contributed by atoms with Crippen LogP contribution in [0.1, 0.15) is 25.5 Å². The highest BCUT2D eigenvalue weighted by Gasteiger charge is 2.17. The van der Waals surface area contributed by atoms with E-state index in [1.54, 1.807) is 6.08 Å². The van der Waals surface area contributed by atoms with Crippen molar-refractivity contribution in [3.8, 4) is 0 Å². The zero-order chi connectivity index (χ0) is 12.3. The Hall–Kier alpha value is -1.71. The molecule has 0 atom stereocenters. The van der Waals surface area contributed by atoms with Gasteiger partial charge in [-0.2, -0.15) is 0 Å². The number of nitrogens with zero attached hydrogens (tertiary/aromatic N) is 1. The van der Waals surface area contributed by atoms with Crippen LogP contribution < -0.4 is 10.6 Å². The lowest BCUT2D eigenvalue weighted by atomic mass is 9.99. The molecule has 4 nitrogen and oxygen atoms in total. The first-order chi connectivity index (χ1) is 8.15. The minimum Gasteiger partial charge on any atom is -0.441 e. The quantitative estimate of drug-likeness (QED) is 0.814. The van der Waals surface area contributed by atoms with Gasteiger partial charge in [-0.15, -0.1) is 0 Å². The minimum atomic E-state index is -0.463. The van der Waals surface area contributed by atoms with Crippen molar-refractivity contribution in [3.63, 3.8) is 0 Å². The highest BCUT2D eigenvalue weighted by molar-refractivity contribution is 5.89. The van der Waals surface area contributed by atoms with Gasteiger partial charge in [0, 0.05) is 25.2 Å². The van der Waals surface area contributed by atoms with Gasteiger partial charge in [0.15, 0.2) is 5.88 Å². The summed E-state index contributed by atoms with van der Waals surface area (Å²) >= 11 is 0. The van der Waals surface area contributed by atoms with Gasteiger partial charge in [0.2, 0.25) is 5.91 Å². The van der Waals surface area contributed by atoms with Crippen molar-refractivity contribution in [2.24, 2.45) is 11.7 Å². The van der Waals surface area contributed by atoms with Gasteiger partial charge < -0.3 is 15.1 Å². The van der Waals surface area contributed by atoms with Crippen molar-refractivity contribution in [1.82, 2.24) is 0 Å². The molecule has 1 aromatic rings. The fraction of sp³-hybridized carbons (Fsp3) is 0.462. The molecule has 0 spiro atoms. The van der Waals surface area contributed by atoms with Crippen molar-refractivity contribution in [3.05, 3.63) is 24.0 Å². The van der Waals surface area contributed by atoms with Crippen molar-refractivity contribution in [2.75, 3.05) is 18.0 Å². The summed E-state index contributed by atoms with van der Waals surface area (Å²) in [5, 5.41) is 0. The molecule has 2 N–H and O–H groups in total. The first-order valence-electron chi connectivity index (χ1n) is 5.97. The van der Waals surface area contributed by atoms with Gasteiger partial charge >= 0.3 is 0 Å². The average molecular weight is 234 g/mol. The lowest BCUT2D eigenvalue weighted by Gasteiger charge is -2.29. The van der Waals surface area contributed by atoms with Crippen LogP contribution in [0, 0.1) is 5.92 Å². The maximum Gasteiger partial charge on any atom is 0.241 e. The van der Waals surface area contributed by atoms with E-state index in [1.807, 2.05) is 12.1 Å². The van der Waals surface area contributed by atoms with Gasteiger partial charge in [-0.1, -0.05) is 6.92 Å². The Balaban J connectivity index is 2.00. The van der Waals surface area contributed by atoms with E-state index >= 15 is 0 Å². The molecule has 1 saturated heterocycles. The normalized spacial score (nSPS) is 17.8. The number of piperidine rings is 1. The van der Waals surface area contributed by atoms with Crippen molar-refractivity contribution in [1.29, 1.82) is 0 Å². The minimum absolute atomic E-state index is 0.463. The molecular weight excluding hydrogens is 216 g/mol. The molecule has 1 amide bonds. The van der Waals surface area contributed by atoms with E-state index < -0.39 is 5.91 Å². The van der Waals surface area contributed by atoms with Crippen molar-refractivity contribution >= 4 is 17.9 Å². The number of furan rings is 1. The zero-order valence-corrected chi connectivity index (χ0v) is 10.1. The molecule has 4 heteroatoms. The molecule has 1 aliphatic heterocycles. The number of carbonyl (C=O) groups excluding carboxylic acids is 1. The molecule has 2 heterocycles. The summed E-state index contributed by atoms with van der Waals surface area (Å²) in [6.07, 6.45) is 5.31. The number of anilines is 1. The Bertz CT molecular complexity index is 415. The standard InChI is InChI=1S/C13H18N2O2/c1-10-6-8-15(9-7-10)13-5-3-11(17-13)2-4-12(14)16/h2-5,10H,6-9H2,1H3,(H2,14,16)/b4-2+. The first-order valence-corrected chi connectivity index (χ1v) is 5.97. The molecule has 1 fully saturated rings. The second kappa shape index (κ2) is 5.08. The van der Waals surface area contributed by atoms with E-state index in [-0.39, 0.29) is 0 Å². The molecule has 0 radical (unpaired) electrons. The summed E-state index contributed by atoms with van der Waals surface area (Å²) in [7, 11) is 0. The van der Waals surface area contributed by atoms with E-state index in [0.29, 0.717) is 5.76 Å². The largest absolute Gasteiger partial charge is 0.441 e. The van der Waals surface area contributed by atoms with Crippen LogP contribution in [-0.4, -0.2) is 19.0 Å². The molecule has 0 aromatic carbocycles. The number of hydrogen-bond donors (Lipinski definition) is 1. The number of amides is 1. The molecule has 1 aliphatic rings. The summed E-state index contributed by atoms with van der Waals surface area (Å²) in [5.41, 5.74) is 5.03. The number of rotatable bonds is 3. The molecule has 0 bridgehead atoms. The molecule has 17 heavy (non-hydrogen) atoms. The van der Waals surface area contributed by atoms with Crippen LogP contribution in [0.15, 0.2) is 22.6 Å². The van der Waals surface area contributed by atoms with Crippen LogP contribution in [0.5, 0.6) is 0 Å². The third-order valence-corrected chi connectivity index (χ3v) is 3.12. The van der Waals surface area contributed by atoms with Gasteiger partial charge in [0.05, 0.1) is 0 Å². The fourth-order valence-corrected chi connectivity index (χ4v) is 1.99. The average Bonchev–Trinajstić information content (AvgIpc) is 2.76. The summed E-state index contributed by atoms with van der Waals surface area (Å²) in [6.45, 7) is 4.35. The zero-order valence-electron chi connectivity index (χ0n) is 10.1. The van der Waals surface area contributed by atoms with E-state index in [1.165, 1.54) is 18.9 Å². The Morgan fingerprint density at radius 1 is 1.47 bits per heavy atom. The summed E-state index contributed by atoms with van der Waals surface area (Å²) in [6, 6.07) is 3.80. The van der Waals surface area contributed by atoms with E-state index in [4.69, 9.17) is 10.2 Å². The van der Waals surface area contributed by atoms with Crippen molar-refractivity contribution in [2.45, 2.75) is 19.8 Å². The maximum atomic E-state index is 10.6. The van der Waals surface area contributed by atoms with Gasteiger partial charge in [0.25, 0.3) is 0 Å². The van der Waals surface area contributed by atoms with Crippen LogP contribution in [-0.2, 0) is 4.79 Å².